The van der Waals surface area contributed by atoms with Crippen LogP contribution >= 0.6 is 11.8 Å². The number of nitrogens with zero attached hydrogens (tertiary/aromatic N) is 4. The van der Waals surface area contributed by atoms with Crippen molar-refractivity contribution in [3.63, 3.8) is 0 Å². The lowest BCUT2D eigenvalue weighted by Crippen LogP contribution is -2.28. The predicted octanol–water partition coefficient (Wildman–Crippen LogP) is 4.90. The maximum Gasteiger partial charge on any atom is 0.253 e. The first-order chi connectivity index (χ1) is 17.6. The van der Waals surface area contributed by atoms with E-state index in [0.29, 0.717) is 22.4 Å². The second-order valence-electron chi connectivity index (χ2n) is 8.64. The van der Waals surface area contributed by atoms with Crippen LogP contribution in [0.5, 0.6) is 0 Å². The lowest BCUT2D eigenvalue weighted by Gasteiger charge is -2.16. The first kappa shape index (κ1) is 23.7. The number of carbonyl (C=O) groups excluding carboxylic acids is 2. The minimum atomic E-state index is -0.246. The number of nitrogens with one attached hydrogen (secondary N) is 2. The van der Waals surface area contributed by atoms with E-state index in [0.717, 1.165) is 29.8 Å². The van der Waals surface area contributed by atoms with E-state index in [9.17, 15) is 9.59 Å². The summed E-state index contributed by atoms with van der Waals surface area (Å²) in [5, 5.41) is 15.3. The van der Waals surface area contributed by atoms with Crippen molar-refractivity contribution in [1.29, 1.82) is 0 Å². The Hall–Kier alpha value is -3.98. The molecule has 182 valence electrons. The molecule has 1 aliphatic carbocycles. The Morgan fingerprint density at radius 1 is 1.03 bits per heavy atom. The number of hydrogen-bond acceptors (Lipinski definition) is 6. The van der Waals surface area contributed by atoms with E-state index >= 15 is 0 Å². The summed E-state index contributed by atoms with van der Waals surface area (Å²) in [5.74, 6) is 0.450. The molecule has 2 heterocycles. The summed E-state index contributed by atoms with van der Waals surface area (Å²) >= 11 is 1.34. The Morgan fingerprint density at radius 2 is 1.81 bits per heavy atom. The lowest BCUT2D eigenvalue weighted by molar-refractivity contribution is -0.113. The van der Waals surface area contributed by atoms with Gasteiger partial charge in [-0.3, -0.25) is 19.1 Å². The Morgan fingerprint density at radius 3 is 2.56 bits per heavy atom. The molecule has 2 aromatic carbocycles. The topological polar surface area (TPSA) is 102 Å². The molecule has 36 heavy (non-hydrogen) atoms. The molecule has 1 fully saturated rings. The van der Waals surface area contributed by atoms with Crippen molar-refractivity contribution in [2.24, 2.45) is 0 Å². The summed E-state index contributed by atoms with van der Waals surface area (Å²) in [4.78, 5) is 30.0. The second-order valence-corrected chi connectivity index (χ2v) is 9.58. The molecule has 1 unspecified atom stereocenters. The van der Waals surface area contributed by atoms with Crippen molar-refractivity contribution < 1.29 is 9.59 Å². The Kier molecular flexibility index (Phi) is 7.08. The smallest absolute Gasteiger partial charge is 0.253 e. The van der Waals surface area contributed by atoms with E-state index in [4.69, 9.17) is 0 Å². The molecule has 1 atom stereocenters. The largest absolute Gasteiger partial charge is 0.345 e. The van der Waals surface area contributed by atoms with Gasteiger partial charge in [0.2, 0.25) is 5.91 Å². The van der Waals surface area contributed by atoms with Crippen LogP contribution in [-0.4, -0.2) is 37.3 Å². The van der Waals surface area contributed by atoms with Crippen LogP contribution in [-0.2, 0) is 4.79 Å². The van der Waals surface area contributed by atoms with Gasteiger partial charge in [-0.15, -0.1) is 10.2 Å². The molecule has 8 nitrogen and oxygen atoms in total. The third kappa shape index (κ3) is 5.46. The zero-order chi connectivity index (χ0) is 24.9. The number of benzene rings is 2. The van der Waals surface area contributed by atoms with E-state index in [1.54, 1.807) is 36.7 Å². The number of carbonyl (C=O) groups is 2. The van der Waals surface area contributed by atoms with Crippen molar-refractivity contribution >= 4 is 29.3 Å². The third-order valence-corrected chi connectivity index (χ3v) is 6.86. The standard InChI is InChI=1S/C27H26N6O2S/c1-18(19-8-3-2-4-9-19)29-26(35)22-11-5-6-12-23(22)30-24(34)17-36-27-32-31-25(33(27)21-13-14-21)20-10-7-15-28-16-20/h2-12,15-16,18,21H,13-14,17H2,1H3,(H,29,35)(H,30,34). The van der Waals surface area contributed by atoms with Gasteiger partial charge in [-0.25, -0.2) is 0 Å². The average molecular weight is 499 g/mol. The maximum absolute atomic E-state index is 13.0. The number of aromatic nitrogens is 4. The zero-order valence-corrected chi connectivity index (χ0v) is 20.6. The van der Waals surface area contributed by atoms with Gasteiger partial charge in [-0.1, -0.05) is 54.2 Å². The SMILES string of the molecule is CC(NC(=O)c1ccccc1NC(=O)CSc1nnc(-c2cccnc2)n1C1CC1)c1ccccc1. The second kappa shape index (κ2) is 10.7. The summed E-state index contributed by atoms with van der Waals surface area (Å²) in [7, 11) is 0. The molecule has 0 bridgehead atoms. The Balaban J connectivity index is 1.25. The molecule has 0 spiro atoms. The van der Waals surface area contributed by atoms with Gasteiger partial charge in [0, 0.05) is 24.0 Å². The van der Waals surface area contributed by atoms with E-state index in [1.807, 2.05) is 49.4 Å². The normalized spacial score (nSPS) is 13.7. The van der Waals surface area contributed by atoms with Gasteiger partial charge in [0.15, 0.2) is 11.0 Å². The van der Waals surface area contributed by atoms with E-state index in [1.165, 1.54) is 11.8 Å². The van der Waals surface area contributed by atoms with Gasteiger partial charge in [-0.2, -0.15) is 0 Å². The fraction of sp³-hybridized carbons (Fsp3) is 0.222. The predicted molar refractivity (Wildman–Crippen MR) is 140 cm³/mol. The molecule has 0 radical (unpaired) electrons. The van der Waals surface area contributed by atoms with Crippen LogP contribution in [0, 0.1) is 0 Å². The van der Waals surface area contributed by atoms with Gasteiger partial charge < -0.3 is 10.6 Å². The third-order valence-electron chi connectivity index (χ3n) is 5.92. The summed E-state index contributed by atoms with van der Waals surface area (Å²) in [6.45, 7) is 1.93. The Bertz CT molecular complexity index is 1360. The Labute approximate surface area is 213 Å². The van der Waals surface area contributed by atoms with Crippen LogP contribution in [0.3, 0.4) is 0 Å². The highest BCUT2D eigenvalue weighted by Gasteiger charge is 2.30. The van der Waals surface area contributed by atoms with Crippen LogP contribution in [0.25, 0.3) is 11.4 Å². The molecular weight excluding hydrogens is 472 g/mol. The molecule has 9 heteroatoms. The van der Waals surface area contributed by atoms with E-state index in [-0.39, 0.29) is 23.6 Å². The zero-order valence-electron chi connectivity index (χ0n) is 19.8. The minimum absolute atomic E-state index is 0.147. The van der Waals surface area contributed by atoms with Gasteiger partial charge in [0.25, 0.3) is 5.91 Å². The summed E-state index contributed by atoms with van der Waals surface area (Å²) in [6, 6.07) is 20.8. The molecule has 5 rings (SSSR count). The van der Waals surface area contributed by atoms with Crippen LogP contribution in [0.2, 0.25) is 0 Å². The molecular formula is C27H26N6O2S. The molecule has 4 aromatic rings. The van der Waals surface area contributed by atoms with Crippen LogP contribution < -0.4 is 10.6 Å². The van der Waals surface area contributed by atoms with Crippen molar-refractivity contribution in [2.75, 3.05) is 11.1 Å². The molecule has 2 N–H and O–H groups in total. The van der Waals surface area contributed by atoms with Crippen molar-refractivity contribution in [3.05, 3.63) is 90.3 Å². The molecule has 1 saturated carbocycles. The molecule has 2 amide bonds. The van der Waals surface area contributed by atoms with Crippen LogP contribution in [0.1, 0.15) is 47.8 Å². The van der Waals surface area contributed by atoms with Gasteiger partial charge in [-0.05, 0) is 49.6 Å². The minimum Gasteiger partial charge on any atom is -0.345 e. The number of hydrogen-bond donors (Lipinski definition) is 2. The molecule has 2 aromatic heterocycles. The van der Waals surface area contributed by atoms with Gasteiger partial charge >= 0.3 is 0 Å². The first-order valence-corrected chi connectivity index (χ1v) is 12.8. The van der Waals surface area contributed by atoms with E-state index in [2.05, 4.69) is 30.4 Å². The monoisotopic (exact) mass is 498 g/mol. The summed E-state index contributed by atoms with van der Waals surface area (Å²) < 4.78 is 2.10. The molecule has 0 saturated heterocycles. The summed E-state index contributed by atoms with van der Waals surface area (Å²) in [6.07, 6.45) is 5.62. The van der Waals surface area contributed by atoms with Crippen molar-refractivity contribution in [3.8, 4) is 11.4 Å². The van der Waals surface area contributed by atoms with E-state index < -0.39 is 0 Å². The number of pyridine rings is 1. The molecule has 1 aliphatic rings. The summed E-state index contributed by atoms with van der Waals surface area (Å²) in [5.41, 5.74) is 2.80. The van der Waals surface area contributed by atoms with Gasteiger partial charge in [0.1, 0.15) is 0 Å². The average Bonchev–Trinajstić information content (AvgIpc) is 3.67. The van der Waals surface area contributed by atoms with Crippen molar-refractivity contribution in [2.45, 2.75) is 37.0 Å². The quantitative estimate of drug-likeness (QED) is 0.319. The number of anilines is 1. The highest BCUT2D eigenvalue weighted by molar-refractivity contribution is 7.99. The van der Waals surface area contributed by atoms with Crippen molar-refractivity contribution in [1.82, 2.24) is 25.1 Å². The number of para-hydroxylation sites is 1. The maximum atomic E-state index is 13.0. The highest BCUT2D eigenvalue weighted by atomic mass is 32.2. The number of thioether (sulfide) groups is 1. The fourth-order valence-corrected chi connectivity index (χ4v) is 4.74. The highest BCUT2D eigenvalue weighted by Crippen LogP contribution is 2.41. The van der Waals surface area contributed by atoms with Gasteiger partial charge in [0.05, 0.1) is 23.0 Å². The molecule has 0 aliphatic heterocycles. The van der Waals surface area contributed by atoms with Crippen LogP contribution in [0.15, 0.2) is 84.3 Å². The van der Waals surface area contributed by atoms with Crippen LogP contribution in [0.4, 0.5) is 5.69 Å². The fourth-order valence-electron chi connectivity index (χ4n) is 3.94. The first-order valence-electron chi connectivity index (χ1n) is 11.8. The number of rotatable bonds is 9. The lowest BCUT2D eigenvalue weighted by atomic mass is 10.1. The number of amides is 2.